The molecule has 2 N–H and O–H groups in total. The fourth-order valence-electron chi connectivity index (χ4n) is 11.0. The summed E-state index contributed by atoms with van der Waals surface area (Å²) in [4.78, 5) is 45.7. The largest absolute Gasteiger partial charge is 0.459 e. The van der Waals surface area contributed by atoms with Crippen LogP contribution in [0.3, 0.4) is 0 Å². The van der Waals surface area contributed by atoms with Crippen LogP contribution in [0.25, 0.3) is 6.08 Å². The molecule has 4 aromatic rings. The van der Waals surface area contributed by atoms with Gasteiger partial charge in [0, 0.05) is 68.4 Å². The number of hydrogen-bond acceptors (Lipinski definition) is 15. The maximum absolute atomic E-state index is 15.4. The van der Waals surface area contributed by atoms with Crippen LogP contribution in [0, 0.1) is 38.0 Å². The number of rotatable bonds is 22. The second kappa shape index (κ2) is 23.2. The van der Waals surface area contributed by atoms with Gasteiger partial charge in [0.05, 0.1) is 40.8 Å². The van der Waals surface area contributed by atoms with Crippen molar-refractivity contribution < 1.29 is 58.1 Å². The summed E-state index contributed by atoms with van der Waals surface area (Å²) in [5.74, 6) is -1.02. The molecule has 2 fully saturated rings. The van der Waals surface area contributed by atoms with Crippen LogP contribution >= 0.6 is 0 Å². The number of benzene rings is 4. The molecule has 3 aliphatic heterocycles. The van der Waals surface area contributed by atoms with Crippen LogP contribution < -0.4 is 18.9 Å². The SMILES string of the molecule is C=CCO[C@@]12Oc3ccc(Oc4cccc([N+](=O)[O-])c4)cc3[C@H]3[C@H](CCCCO)[C@@H](CCCCO)C=C(C(=NOC4CCCCO4)C[C@@H]1N(Cc1ccc4c(c1)OCO4)C(=O)C=Cc1ccc([N+](=O)[O-])cc1)[C@H]32. The molecule has 0 bridgehead atoms. The third-order valence-electron chi connectivity index (χ3n) is 14.3. The van der Waals surface area contributed by atoms with E-state index >= 15 is 4.79 Å². The van der Waals surface area contributed by atoms with Gasteiger partial charge in [0.2, 0.25) is 24.8 Å². The number of carbonyl (C=O) groups excluding carboxylic acids is 1. The van der Waals surface area contributed by atoms with Gasteiger partial charge >= 0.3 is 0 Å². The number of aliphatic hydroxyl groups excluding tert-OH is 2. The van der Waals surface area contributed by atoms with E-state index in [1.54, 1.807) is 53.5 Å². The zero-order valence-electron chi connectivity index (χ0n) is 40.5. The van der Waals surface area contributed by atoms with Crippen molar-refractivity contribution >= 4 is 29.1 Å². The number of ether oxygens (including phenoxy) is 6. The fourth-order valence-corrected chi connectivity index (χ4v) is 11.0. The van der Waals surface area contributed by atoms with E-state index in [0.29, 0.717) is 73.0 Å². The summed E-state index contributed by atoms with van der Waals surface area (Å²) in [5.41, 5.74) is 3.26. The maximum atomic E-state index is 15.4. The highest BCUT2D eigenvalue weighted by Gasteiger charge is 2.65. The lowest BCUT2D eigenvalue weighted by molar-refractivity contribution is -0.385. The van der Waals surface area contributed by atoms with E-state index in [1.807, 2.05) is 24.3 Å². The van der Waals surface area contributed by atoms with E-state index in [4.69, 9.17) is 38.4 Å². The van der Waals surface area contributed by atoms with E-state index in [-0.39, 0.29) is 68.5 Å². The minimum Gasteiger partial charge on any atom is -0.459 e. The lowest BCUT2D eigenvalue weighted by atomic mass is 9.55. The van der Waals surface area contributed by atoms with Crippen LogP contribution in [0.15, 0.2) is 120 Å². The van der Waals surface area contributed by atoms with Gasteiger partial charge in [0.1, 0.15) is 23.3 Å². The lowest BCUT2D eigenvalue weighted by Gasteiger charge is -2.60. The average molecular weight is 1000 g/mol. The number of hydrogen-bond donors (Lipinski definition) is 2. The van der Waals surface area contributed by atoms with Gasteiger partial charge in [-0.25, -0.2) is 0 Å². The van der Waals surface area contributed by atoms with Gasteiger partial charge in [0.15, 0.2) is 11.5 Å². The van der Waals surface area contributed by atoms with Gasteiger partial charge in [-0.2, -0.15) is 0 Å². The van der Waals surface area contributed by atoms with Crippen LogP contribution in [-0.2, 0) is 25.7 Å². The predicted molar refractivity (Wildman–Crippen MR) is 268 cm³/mol. The van der Waals surface area contributed by atoms with E-state index in [9.17, 15) is 30.4 Å². The first-order valence-electron chi connectivity index (χ1n) is 25.0. The van der Waals surface area contributed by atoms with Gasteiger partial charge < -0.3 is 48.4 Å². The number of carbonyl (C=O) groups is 1. The molecule has 4 aromatic carbocycles. The number of nitrogens with zero attached hydrogens (tertiary/aromatic N) is 4. The Hall–Kier alpha value is -7.12. The molecule has 9 rings (SSSR count). The number of oxime groups is 1. The molecule has 384 valence electrons. The summed E-state index contributed by atoms with van der Waals surface area (Å²) in [6.45, 7) is 4.73. The standard InChI is InChI=1S/C55H60N4O14/c1-2-27-70-55-50(57(34-37-17-22-48-49(29-37)69-35-68-48)51(62)24-18-36-15-19-39(20-16-36)58(63)64)33-46(56-73-52-14-5-8-28-67-52)44-30-38(10-3-6-25-60)43(13-4-7-26-61)53(54(44)55)45-32-42(21-23-47(45)72-55)71-41-12-9-11-40(31-41)59(65)66/h2,9,11-12,15-24,29-32,38,43,50,52-54,60-61H,1,3-8,10,13-14,25-28,33-35H2/t38-,43+,50-,52?,53+,54+,55+/m0/s1. The predicted octanol–water partition coefficient (Wildman–Crippen LogP) is 9.93. The van der Waals surface area contributed by atoms with Crippen LogP contribution in [0.4, 0.5) is 11.4 Å². The van der Waals surface area contributed by atoms with Gasteiger partial charge in [-0.3, -0.25) is 25.0 Å². The topological polar surface area (TPSA) is 224 Å². The molecule has 1 unspecified atom stereocenters. The molecule has 0 radical (unpaired) electrons. The van der Waals surface area contributed by atoms with E-state index in [2.05, 4.69) is 12.7 Å². The minimum atomic E-state index is -1.63. The Morgan fingerprint density at radius 1 is 0.877 bits per heavy atom. The van der Waals surface area contributed by atoms with Crippen LogP contribution in [-0.4, -0.2) is 87.9 Å². The molecule has 0 spiro atoms. The first kappa shape index (κ1) is 50.8. The van der Waals surface area contributed by atoms with Crippen molar-refractivity contribution in [2.24, 2.45) is 22.9 Å². The maximum Gasteiger partial charge on any atom is 0.273 e. The number of nitro groups is 2. The second-order valence-corrected chi connectivity index (χ2v) is 18.9. The highest BCUT2D eigenvalue weighted by molar-refractivity contribution is 6.03. The van der Waals surface area contributed by atoms with E-state index in [0.717, 1.165) is 42.4 Å². The Bertz CT molecular complexity index is 2740. The molecular formula is C55H60N4O14. The van der Waals surface area contributed by atoms with Gasteiger partial charge in [-0.15, -0.1) is 6.58 Å². The Morgan fingerprint density at radius 2 is 1.64 bits per heavy atom. The average Bonchev–Trinajstić information content (AvgIpc) is 3.89. The molecule has 7 atom stereocenters. The van der Waals surface area contributed by atoms with E-state index in [1.165, 1.54) is 30.3 Å². The summed E-state index contributed by atoms with van der Waals surface area (Å²) in [5, 5.41) is 48.4. The molecule has 1 saturated carbocycles. The highest BCUT2D eigenvalue weighted by atomic mass is 16.8. The summed E-state index contributed by atoms with van der Waals surface area (Å²) < 4.78 is 38.5. The third kappa shape index (κ3) is 11.3. The zero-order valence-corrected chi connectivity index (χ0v) is 40.5. The number of nitro benzene ring substituents is 2. The summed E-state index contributed by atoms with van der Waals surface area (Å²) in [6, 6.07) is 21.9. The van der Waals surface area contributed by atoms with Crippen molar-refractivity contribution in [3.05, 3.63) is 152 Å². The summed E-state index contributed by atoms with van der Waals surface area (Å²) in [7, 11) is 0. The highest BCUT2D eigenvalue weighted by Crippen LogP contribution is 2.62. The molecule has 3 heterocycles. The van der Waals surface area contributed by atoms with Crippen molar-refractivity contribution in [1.29, 1.82) is 0 Å². The van der Waals surface area contributed by atoms with E-state index < -0.39 is 45.7 Å². The Kier molecular flexibility index (Phi) is 16.1. The quantitative estimate of drug-likeness (QED) is 0.0246. The molecule has 2 aliphatic carbocycles. The molecule has 1 amide bonds. The van der Waals surface area contributed by atoms with Crippen LogP contribution in [0.5, 0.6) is 28.7 Å². The first-order chi connectivity index (χ1) is 35.6. The number of amides is 1. The number of non-ortho nitro benzene ring substituents is 2. The molecule has 1 saturated heterocycles. The number of allylic oxidation sites excluding steroid dienone is 1. The molecule has 5 aliphatic rings. The van der Waals surface area contributed by atoms with Crippen molar-refractivity contribution in [2.75, 3.05) is 33.2 Å². The fraction of sp³-hybridized carbons (Fsp3) is 0.418. The van der Waals surface area contributed by atoms with Gasteiger partial charge in [-0.1, -0.05) is 42.3 Å². The Labute approximate surface area is 422 Å². The van der Waals surface area contributed by atoms with Gasteiger partial charge in [0.25, 0.3) is 11.4 Å². The van der Waals surface area contributed by atoms with Crippen molar-refractivity contribution in [3.63, 3.8) is 0 Å². The minimum absolute atomic E-state index is 0.00808. The molecule has 73 heavy (non-hydrogen) atoms. The van der Waals surface area contributed by atoms with Crippen LogP contribution in [0.1, 0.15) is 86.8 Å². The monoisotopic (exact) mass is 1000 g/mol. The smallest absolute Gasteiger partial charge is 0.273 e. The Morgan fingerprint density at radius 3 is 2.40 bits per heavy atom. The molecular weight excluding hydrogens is 941 g/mol. The molecule has 0 aromatic heterocycles. The zero-order chi connectivity index (χ0) is 50.9. The Balaban J connectivity index is 1.24. The van der Waals surface area contributed by atoms with Crippen molar-refractivity contribution in [2.45, 2.75) is 94.8 Å². The number of unbranched alkanes of at least 4 members (excludes halogenated alkanes) is 2. The first-order valence-corrected chi connectivity index (χ1v) is 25.0. The van der Waals surface area contributed by atoms with Crippen molar-refractivity contribution in [3.8, 4) is 28.7 Å². The third-order valence-corrected chi connectivity index (χ3v) is 14.3. The molecule has 18 nitrogen and oxygen atoms in total. The summed E-state index contributed by atoms with van der Waals surface area (Å²) in [6.07, 6.45) is 12.9. The molecule has 18 heteroatoms. The summed E-state index contributed by atoms with van der Waals surface area (Å²) >= 11 is 0. The second-order valence-electron chi connectivity index (χ2n) is 18.9. The normalized spacial score (nSPS) is 24.2. The number of aliphatic hydroxyl groups is 2. The van der Waals surface area contributed by atoms with Crippen molar-refractivity contribution in [1.82, 2.24) is 4.90 Å². The van der Waals surface area contributed by atoms with Gasteiger partial charge in [-0.05, 0) is 122 Å². The number of fused-ring (bicyclic) bond motifs is 3. The lowest BCUT2D eigenvalue weighted by Crippen LogP contribution is -2.70. The van der Waals surface area contributed by atoms with Crippen LogP contribution in [0.2, 0.25) is 0 Å².